The van der Waals surface area contributed by atoms with Crippen LogP contribution in [0.1, 0.15) is 31.8 Å². The van der Waals surface area contributed by atoms with Crippen molar-refractivity contribution in [3.8, 4) is 0 Å². The first-order chi connectivity index (χ1) is 9.93. The summed E-state index contributed by atoms with van der Waals surface area (Å²) in [6.45, 7) is 3.23. The number of fused-ring (bicyclic) bond motifs is 2. The number of nitrogens with zero attached hydrogens (tertiary/aromatic N) is 1. The van der Waals surface area contributed by atoms with Crippen LogP contribution in [0.4, 0.5) is 17.1 Å². The van der Waals surface area contributed by atoms with Crippen molar-refractivity contribution in [1.82, 2.24) is 0 Å². The number of carbonyl (C=O) groups excluding carboxylic acids is 2. The van der Waals surface area contributed by atoms with Gasteiger partial charge in [-0.3, -0.25) is 9.59 Å². The second-order valence-corrected chi connectivity index (χ2v) is 4.73. The molecule has 0 atom stereocenters. The zero-order valence-corrected chi connectivity index (χ0v) is 10.9. The third-order valence-corrected chi connectivity index (χ3v) is 3.51. The van der Waals surface area contributed by atoms with E-state index < -0.39 is 11.6 Å². The number of ketones is 2. The molecule has 0 saturated carbocycles. The molecule has 0 amide bonds. The molecule has 4 N–H and O–H groups in total. The third kappa shape index (κ3) is 1.62. The normalized spacial score (nSPS) is 12.8. The smallest absolute Gasteiger partial charge is 0.227 e. The fourth-order valence-electron chi connectivity index (χ4n) is 2.56. The molecule has 0 spiro atoms. The predicted molar refractivity (Wildman–Crippen MR) is 79.0 cm³/mol. The summed E-state index contributed by atoms with van der Waals surface area (Å²) in [5, 5.41) is 11.5. The van der Waals surface area contributed by atoms with Crippen molar-refractivity contribution in [2.75, 3.05) is 11.5 Å². The highest BCUT2D eigenvalue weighted by molar-refractivity contribution is 6.32. The van der Waals surface area contributed by atoms with Gasteiger partial charge in [-0.25, -0.2) is 0 Å². The van der Waals surface area contributed by atoms with E-state index in [1.165, 1.54) is 30.3 Å². The van der Waals surface area contributed by atoms with Gasteiger partial charge in [0.15, 0.2) is 5.78 Å². The van der Waals surface area contributed by atoms with E-state index in [9.17, 15) is 14.8 Å². The summed E-state index contributed by atoms with van der Waals surface area (Å²) in [5.74, 6) is -0.919. The highest BCUT2D eigenvalue weighted by Crippen LogP contribution is 2.37. The Morgan fingerprint density at radius 3 is 2.05 bits per heavy atom. The Bertz CT molecular complexity index is 840. The molecule has 21 heavy (non-hydrogen) atoms. The van der Waals surface area contributed by atoms with Crippen molar-refractivity contribution in [3.63, 3.8) is 0 Å². The van der Waals surface area contributed by atoms with Crippen LogP contribution in [0.3, 0.4) is 0 Å². The zero-order valence-electron chi connectivity index (χ0n) is 10.9. The largest absolute Gasteiger partial charge is 0.619 e. The summed E-state index contributed by atoms with van der Waals surface area (Å²) in [5.41, 5.74) is 12.3. The molecule has 3 rings (SSSR count). The van der Waals surface area contributed by atoms with Gasteiger partial charge in [0.1, 0.15) is 12.3 Å². The van der Waals surface area contributed by atoms with E-state index in [1.807, 2.05) is 0 Å². The van der Waals surface area contributed by atoms with Gasteiger partial charge in [-0.15, -0.1) is 0 Å². The van der Waals surface area contributed by atoms with Crippen LogP contribution in [0.15, 0.2) is 30.3 Å². The third-order valence-electron chi connectivity index (χ3n) is 3.51. The van der Waals surface area contributed by atoms with Crippen LogP contribution >= 0.6 is 0 Å². The molecular formula is C15H11N3O3. The number of nitrogens with two attached hydrogens (primary N) is 2. The van der Waals surface area contributed by atoms with Gasteiger partial charge >= 0.3 is 0 Å². The van der Waals surface area contributed by atoms with Crippen molar-refractivity contribution >= 4 is 35.3 Å². The lowest BCUT2D eigenvalue weighted by Crippen LogP contribution is -2.24. The molecule has 1 aliphatic carbocycles. The second-order valence-electron chi connectivity index (χ2n) is 4.73. The van der Waals surface area contributed by atoms with Crippen LogP contribution in [-0.2, 0) is 0 Å². The van der Waals surface area contributed by atoms with E-state index in [1.54, 1.807) is 0 Å². The van der Waals surface area contributed by atoms with Gasteiger partial charge < -0.3 is 16.7 Å². The lowest BCUT2D eigenvalue weighted by atomic mass is 9.81. The Morgan fingerprint density at radius 2 is 1.48 bits per heavy atom. The number of anilines is 2. The minimum Gasteiger partial charge on any atom is -0.619 e. The van der Waals surface area contributed by atoms with Crippen LogP contribution in [-0.4, -0.2) is 23.0 Å². The summed E-state index contributed by atoms with van der Waals surface area (Å²) in [4.78, 5) is 25.2. The number of hydrogen-bond acceptors (Lipinski definition) is 5. The standard InChI is InChI=1S/C15H11N3O3/c1-18(21)10-4-2-3-7-11(10)15(20)13-9(17)6-5-8(16)12(13)14(7)19/h2-6H,1,16-17H2. The lowest BCUT2D eigenvalue weighted by molar-refractivity contribution is -0.350. The molecule has 6 nitrogen and oxygen atoms in total. The van der Waals surface area contributed by atoms with E-state index in [0.717, 1.165) is 0 Å². The maximum Gasteiger partial charge on any atom is 0.227 e. The number of carbonyl (C=O) groups is 2. The molecule has 0 aliphatic heterocycles. The Kier molecular flexibility index (Phi) is 2.56. The summed E-state index contributed by atoms with van der Waals surface area (Å²) in [6, 6.07) is 7.37. The average molecular weight is 281 g/mol. The van der Waals surface area contributed by atoms with Crippen molar-refractivity contribution < 1.29 is 14.3 Å². The minimum absolute atomic E-state index is 0.0114. The molecule has 0 fully saturated rings. The SMILES string of the molecule is C=[N+]([O-])c1cccc2c1C(=O)c1c(N)ccc(N)c1C2=O. The van der Waals surface area contributed by atoms with Gasteiger partial charge in [0, 0.05) is 23.0 Å². The summed E-state index contributed by atoms with van der Waals surface area (Å²) in [6.07, 6.45) is 0. The van der Waals surface area contributed by atoms with Crippen molar-refractivity contribution in [2.45, 2.75) is 0 Å². The zero-order chi connectivity index (χ0) is 15.3. The van der Waals surface area contributed by atoms with Gasteiger partial charge in [0.05, 0.1) is 11.1 Å². The lowest BCUT2D eigenvalue weighted by Gasteiger charge is -2.21. The number of benzene rings is 2. The maximum atomic E-state index is 12.7. The molecule has 0 unspecified atom stereocenters. The van der Waals surface area contributed by atoms with Crippen molar-refractivity contribution in [3.05, 3.63) is 57.8 Å². The molecular weight excluding hydrogens is 270 g/mol. The molecule has 0 radical (unpaired) electrons. The van der Waals surface area contributed by atoms with Crippen LogP contribution in [0.25, 0.3) is 0 Å². The molecule has 6 heteroatoms. The second kappa shape index (κ2) is 4.17. The Balaban J connectivity index is 2.42. The number of hydrogen-bond donors (Lipinski definition) is 2. The maximum absolute atomic E-state index is 12.7. The molecule has 104 valence electrons. The van der Waals surface area contributed by atoms with E-state index >= 15 is 0 Å². The summed E-state index contributed by atoms with van der Waals surface area (Å²) in [7, 11) is 0. The monoisotopic (exact) mass is 281 g/mol. The van der Waals surface area contributed by atoms with Gasteiger partial charge in [-0.2, -0.15) is 4.74 Å². The molecule has 2 aromatic carbocycles. The van der Waals surface area contributed by atoms with Crippen molar-refractivity contribution in [1.29, 1.82) is 0 Å². The molecule has 0 saturated heterocycles. The fourth-order valence-corrected chi connectivity index (χ4v) is 2.56. The van der Waals surface area contributed by atoms with Gasteiger partial charge in [0.25, 0.3) is 0 Å². The quantitative estimate of drug-likeness (QED) is 0.230. The van der Waals surface area contributed by atoms with Gasteiger partial charge in [-0.05, 0) is 18.2 Å². The van der Waals surface area contributed by atoms with Gasteiger partial charge in [0.2, 0.25) is 11.5 Å². The van der Waals surface area contributed by atoms with Crippen LogP contribution < -0.4 is 11.5 Å². The first-order valence-corrected chi connectivity index (χ1v) is 6.11. The van der Waals surface area contributed by atoms with Gasteiger partial charge in [-0.1, -0.05) is 6.07 Å². The van der Waals surface area contributed by atoms with Crippen LogP contribution in [0, 0.1) is 5.21 Å². The average Bonchev–Trinajstić information content (AvgIpc) is 2.46. The topological polar surface area (TPSA) is 112 Å². The van der Waals surface area contributed by atoms with Crippen LogP contribution in [0.2, 0.25) is 0 Å². The van der Waals surface area contributed by atoms with Crippen molar-refractivity contribution in [2.24, 2.45) is 0 Å². The highest BCUT2D eigenvalue weighted by Gasteiger charge is 2.36. The Morgan fingerprint density at radius 1 is 0.905 bits per heavy atom. The number of nitrogen functional groups attached to an aromatic ring is 2. The Hall–Kier alpha value is -3.15. The van der Waals surface area contributed by atoms with Crippen LogP contribution in [0.5, 0.6) is 0 Å². The highest BCUT2D eigenvalue weighted by atomic mass is 16.5. The first kappa shape index (κ1) is 12.9. The van der Waals surface area contributed by atoms with E-state index in [0.29, 0.717) is 4.74 Å². The minimum atomic E-state index is -0.496. The molecule has 1 aliphatic rings. The fraction of sp³-hybridized carbons (Fsp3) is 0. The molecule has 0 bridgehead atoms. The first-order valence-electron chi connectivity index (χ1n) is 6.11. The molecule has 2 aromatic rings. The van der Waals surface area contributed by atoms with E-state index in [2.05, 4.69) is 6.72 Å². The molecule has 0 heterocycles. The summed E-state index contributed by atoms with van der Waals surface area (Å²) < 4.78 is 0.303. The predicted octanol–water partition coefficient (Wildman–Crippen LogP) is 1.47. The van der Waals surface area contributed by atoms with E-state index in [4.69, 9.17) is 11.5 Å². The van der Waals surface area contributed by atoms with E-state index in [-0.39, 0.29) is 39.3 Å². The Labute approximate surface area is 119 Å². The molecule has 0 aromatic heterocycles. The number of rotatable bonds is 1. The summed E-state index contributed by atoms with van der Waals surface area (Å²) >= 11 is 0.